The van der Waals surface area contributed by atoms with Gasteiger partial charge in [-0.2, -0.15) is 5.10 Å². The molecule has 1 amide bonds. The van der Waals surface area contributed by atoms with Crippen molar-refractivity contribution in [3.05, 3.63) is 42.5 Å². The second kappa shape index (κ2) is 10.1. The minimum absolute atomic E-state index is 0. The van der Waals surface area contributed by atoms with Crippen LogP contribution in [0.1, 0.15) is 17.4 Å². The Morgan fingerprint density at radius 2 is 2.10 bits per heavy atom. The lowest BCUT2D eigenvalue weighted by atomic mass is 10.3. The van der Waals surface area contributed by atoms with Gasteiger partial charge in [0, 0.05) is 31.7 Å². The summed E-state index contributed by atoms with van der Waals surface area (Å²) in [6, 6.07) is 5.36. The van der Waals surface area contributed by atoms with E-state index in [-0.39, 0.29) is 30.7 Å². The van der Waals surface area contributed by atoms with Gasteiger partial charge in [0.25, 0.3) is 5.91 Å². The van der Waals surface area contributed by atoms with Crippen LogP contribution in [-0.4, -0.2) is 40.3 Å². The fourth-order valence-electron chi connectivity index (χ4n) is 1.64. The first-order chi connectivity index (χ1) is 9.31. The second-order valence-electron chi connectivity index (χ2n) is 3.96. The van der Waals surface area contributed by atoms with Crippen LogP contribution >= 0.6 is 24.8 Å². The van der Waals surface area contributed by atoms with Gasteiger partial charge in [-0.25, -0.2) is 4.68 Å². The standard InChI is InChI=1S/C13H17N5O.2ClH/c1-2-14-7-8-16-13(19)12-10-11(4-6-15-12)18-9-3-5-17-18;;/h3-6,9-10,14H,2,7-8H2,1H3,(H,16,19);2*1H. The van der Waals surface area contributed by atoms with Gasteiger partial charge in [-0.15, -0.1) is 24.8 Å². The summed E-state index contributed by atoms with van der Waals surface area (Å²) in [6.07, 6.45) is 5.12. The lowest BCUT2D eigenvalue weighted by molar-refractivity contribution is 0.0949. The Bertz CT molecular complexity index is 533. The van der Waals surface area contributed by atoms with Gasteiger partial charge in [0.2, 0.25) is 0 Å². The van der Waals surface area contributed by atoms with Gasteiger partial charge in [-0.1, -0.05) is 6.92 Å². The van der Waals surface area contributed by atoms with Crippen molar-refractivity contribution in [3.8, 4) is 5.69 Å². The highest BCUT2D eigenvalue weighted by Crippen LogP contribution is 2.06. The summed E-state index contributed by atoms with van der Waals surface area (Å²) in [6.45, 7) is 4.25. The zero-order valence-electron chi connectivity index (χ0n) is 11.7. The van der Waals surface area contributed by atoms with Gasteiger partial charge in [-0.05, 0) is 24.7 Å². The highest BCUT2D eigenvalue weighted by Gasteiger charge is 2.07. The summed E-state index contributed by atoms with van der Waals surface area (Å²) >= 11 is 0. The molecule has 0 saturated heterocycles. The zero-order valence-corrected chi connectivity index (χ0v) is 13.3. The number of rotatable bonds is 6. The van der Waals surface area contributed by atoms with Crippen LogP contribution in [0.15, 0.2) is 36.8 Å². The molecular formula is C13H19Cl2N5O. The number of nitrogens with zero attached hydrogens (tertiary/aromatic N) is 3. The zero-order chi connectivity index (χ0) is 13.5. The Morgan fingerprint density at radius 1 is 1.29 bits per heavy atom. The predicted octanol–water partition coefficient (Wildman–Crippen LogP) is 1.45. The molecule has 0 bridgehead atoms. The van der Waals surface area contributed by atoms with Gasteiger partial charge in [0.05, 0.1) is 5.69 Å². The molecule has 0 atom stereocenters. The van der Waals surface area contributed by atoms with E-state index < -0.39 is 0 Å². The smallest absolute Gasteiger partial charge is 0.269 e. The monoisotopic (exact) mass is 331 g/mol. The molecule has 0 saturated carbocycles. The van der Waals surface area contributed by atoms with E-state index in [0.717, 1.165) is 18.8 Å². The van der Waals surface area contributed by atoms with E-state index in [1.54, 1.807) is 23.1 Å². The molecule has 6 nitrogen and oxygen atoms in total. The van der Waals surface area contributed by atoms with E-state index in [0.29, 0.717) is 12.2 Å². The van der Waals surface area contributed by atoms with Crippen LogP contribution in [0.3, 0.4) is 0 Å². The quantitative estimate of drug-likeness (QED) is 0.786. The number of carbonyl (C=O) groups excluding carboxylic acids is 1. The Hall–Kier alpha value is -1.63. The van der Waals surface area contributed by atoms with Gasteiger partial charge in [0.15, 0.2) is 0 Å². The molecule has 2 heterocycles. The number of pyridine rings is 1. The first kappa shape index (κ1) is 19.4. The van der Waals surface area contributed by atoms with Gasteiger partial charge < -0.3 is 10.6 Å². The molecule has 0 aliphatic rings. The fraction of sp³-hybridized carbons (Fsp3) is 0.308. The van der Waals surface area contributed by atoms with Crippen LogP contribution in [0.2, 0.25) is 0 Å². The molecule has 0 radical (unpaired) electrons. The summed E-state index contributed by atoms with van der Waals surface area (Å²) in [5, 5.41) is 10.1. The van der Waals surface area contributed by atoms with Crippen molar-refractivity contribution < 1.29 is 4.79 Å². The maximum atomic E-state index is 11.9. The molecule has 2 N–H and O–H groups in total. The number of halogens is 2. The lowest BCUT2D eigenvalue weighted by Gasteiger charge is -2.06. The molecule has 2 rings (SSSR count). The van der Waals surface area contributed by atoms with E-state index in [4.69, 9.17) is 0 Å². The van der Waals surface area contributed by atoms with E-state index in [1.165, 1.54) is 0 Å². The van der Waals surface area contributed by atoms with Crippen molar-refractivity contribution in [2.24, 2.45) is 0 Å². The van der Waals surface area contributed by atoms with Crippen LogP contribution in [0.25, 0.3) is 5.69 Å². The van der Waals surface area contributed by atoms with Gasteiger partial charge in [-0.3, -0.25) is 9.78 Å². The maximum Gasteiger partial charge on any atom is 0.269 e. The van der Waals surface area contributed by atoms with Gasteiger partial charge in [0.1, 0.15) is 5.69 Å². The summed E-state index contributed by atoms with van der Waals surface area (Å²) in [5.74, 6) is -0.174. The van der Waals surface area contributed by atoms with Crippen molar-refractivity contribution in [1.82, 2.24) is 25.4 Å². The normalized spacial score (nSPS) is 9.38. The molecule has 8 heteroatoms. The van der Waals surface area contributed by atoms with Crippen molar-refractivity contribution in [1.29, 1.82) is 0 Å². The third kappa shape index (κ3) is 5.71. The Labute approximate surface area is 136 Å². The Balaban J connectivity index is 0.00000200. The Morgan fingerprint density at radius 3 is 2.76 bits per heavy atom. The highest BCUT2D eigenvalue weighted by atomic mass is 35.5. The third-order valence-electron chi connectivity index (χ3n) is 2.58. The largest absolute Gasteiger partial charge is 0.349 e. The van der Waals surface area contributed by atoms with Crippen molar-refractivity contribution in [2.45, 2.75) is 6.92 Å². The molecule has 0 fully saturated rings. The van der Waals surface area contributed by atoms with Crippen molar-refractivity contribution in [2.75, 3.05) is 19.6 Å². The lowest BCUT2D eigenvalue weighted by Crippen LogP contribution is -2.32. The van der Waals surface area contributed by atoms with Crippen molar-refractivity contribution in [3.63, 3.8) is 0 Å². The number of carbonyl (C=O) groups is 1. The number of amides is 1. The Kier molecular flexibility index (Phi) is 9.36. The van der Waals surface area contributed by atoms with Gasteiger partial charge >= 0.3 is 0 Å². The first-order valence-corrected chi connectivity index (χ1v) is 6.26. The van der Waals surface area contributed by atoms with Crippen LogP contribution in [-0.2, 0) is 0 Å². The molecule has 2 aromatic heterocycles. The second-order valence-corrected chi connectivity index (χ2v) is 3.96. The molecule has 0 unspecified atom stereocenters. The molecule has 21 heavy (non-hydrogen) atoms. The predicted molar refractivity (Wildman–Crippen MR) is 86.7 cm³/mol. The van der Waals surface area contributed by atoms with E-state index in [2.05, 4.69) is 20.7 Å². The molecule has 0 aromatic carbocycles. The number of hydrogen-bond donors (Lipinski definition) is 2. The number of aromatic nitrogens is 3. The highest BCUT2D eigenvalue weighted by molar-refractivity contribution is 5.92. The molecule has 0 aliphatic carbocycles. The summed E-state index contributed by atoms with van der Waals surface area (Å²) in [5.41, 5.74) is 1.21. The minimum atomic E-state index is -0.174. The van der Waals surface area contributed by atoms with Crippen LogP contribution < -0.4 is 10.6 Å². The van der Waals surface area contributed by atoms with Crippen LogP contribution in [0.4, 0.5) is 0 Å². The average Bonchev–Trinajstić information content (AvgIpc) is 2.98. The number of likely N-dealkylation sites (N-methyl/N-ethyl adjacent to an activating group) is 1. The fourth-order valence-corrected chi connectivity index (χ4v) is 1.64. The maximum absolute atomic E-state index is 11.9. The topological polar surface area (TPSA) is 71.8 Å². The van der Waals surface area contributed by atoms with E-state index >= 15 is 0 Å². The number of hydrogen-bond acceptors (Lipinski definition) is 4. The average molecular weight is 332 g/mol. The number of nitrogens with one attached hydrogen (secondary N) is 2. The molecule has 0 spiro atoms. The first-order valence-electron chi connectivity index (χ1n) is 6.26. The van der Waals surface area contributed by atoms with Crippen LogP contribution in [0, 0.1) is 0 Å². The SMILES string of the molecule is CCNCCNC(=O)c1cc(-n2cccn2)ccn1.Cl.Cl. The molecule has 0 aliphatic heterocycles. The third-order valence-corrected chi connectivity index (χ3v) is 2.58. The molecular weight excluding hydrogens is 313 g/mol. The van der Waals surface area contributed by atoms with E-state index in [9.17, 15) is 4.79 Å². The van der Waals surface area contributed by atoms with Crippen molar-refractivity contribution >= 4 is 30.7 Å². The summed E-state index contributed by atoms with van der Waals surface area (Å²) < 4.78 is 1.69. The molecule has 116 valence electrons. The minimum Gasteiger partial charge on any atom is -0.349 e. The van der Waals surface area contributed by atoms with E-state index in [1.807, 2.05) is 25.3 Å². The summed E-state index contributed by atoms with van der Waals surface area (Å²) in [7, 11) is 0. The summed E-state index contributed by atoms with van der Waals surface area (Å²) in [4.78, 5) is 16.0. The molecule has 2 aromatic rings. The van der Waals surface area contributed by atoms with Crippen LogP contribution in [0.5, 0.6) is 0 Å².